The van der Waals surface area contributed by atoms with E-state index in [4.69, 9.17) is 16.0 Å². The molecule has 0 unspecified atom stereocenters. The van der Waals surface area contributed by atoms with Crippen LogP contribution in [0.1, 0.15) is 19.4 Å². The van der Waals surface area contributed by atoms with Gasteiger partial charge >= 0.3 is 0 Å². The predicted octanol–water partition coefficient (Wildman–Crippen LogP) is 4.42. The maximum absolute atomic E-state index is 12.3. The Morgan fingerprint density at radius 3 is 2.36 bits per heavy atom. The van der Waals surface area contributed by atoms with E-state index in [1.54, 1.807) is 44.3 Å². The highest BCUT2D eigenvalue weighted by atomic mass is 35.5. The SMILES string of the molecule is CNCc1ccc(-c2nnc(-c3cncc(-c4ccc(S(=O)(=O)C(C)C)cc4)n3)o2)c(Cl)c1. The Balaban J connectivity index is 1.61. The van der Waals surface area contributed by atoms with Gasteiger partial charge in [-0.3, -0.25) is 4.98 Å². The zero-order valence-electron chi connectivity index (χ0n) is 18.3. The molecular formula is C23H22ClN5O3S. The van der Waals surface area contributed by atoms with Crippen LogP contribution in [-0.4, -0.2) is 40.9 Å². The third-order valence-corrected chi connectivity index (χ3v) is 7.51. The molecule has 4 rings (SSSR count). The first-order valence-electron chi connectivity index (χ1n) is 10.2. The van der Waals surface area contributed by atoms with Gasteiger partial charge in [-0.2, -0.15) is 0 Å². The summed E-state index contributed by atoms with van der Waals surface area (Å²) in [5, 5.41) is 11.3. The molecule has 2 heterocycles. The molecule has 8 nitrogen and oxygen atoms in total. The van der Waals surface area contributed by atoms with E-state index in [0.29, 0.717) is 28.5 Å². The highest BCUT2D eigenvalue weighted by Crippen LogP contribution is 2.30. The van der Waals surface area contributed by atoms with Gasteiger partial charge in [0, 0.05) is 12.1 Å². The molecule has 0 atom stereocenters. The Kier molecular flexibility index (Phi) is 6.55. The molecule has 0 saturated carbocycles. The number of sulfone groups is 1. The minimum Gasteiger partial charge on any atom is -0.414 e. The van der Waals surface area contributed by atoms with Crippen molar-refractivity contribution >= 4 is 21.4 Å². The van der Waals surface area contributed by atoms with Crippen LogP contribution in [0, 0.1) is 0 Å². The van der Waals surface area contributed by atoms with Crippen LogP contribution in [-0.2, 0) is 16.4 Å². The molecule has 33 heavy (non-hydrogen) atoms. The van der Waals surface area contributed by atoms with Gasteiger partial charge < -0.3 is 9.73 Å². The fourth-order valence-corrected chi connectivity index (χ4v) is 4.52. The smallest absolute Gasteiger partial charge is 0.268 e. The first-order valence-corrected chi connectivity index (χ1v) is 12.2. The molecule has 170 valence electrons. The summed E-state index contributed by atoms with van der Waals surface area (Å²) in [5.41, 5.74) is 3.33. The highest BCUT2D eigenvalue weighted by Gasteiger charge is 2.19. The van der Waals surface area contributed by atoms with Crippen molar-refractivity contribution in [1.82, 2.24) is 25.5 Å². The van der Waals surface area contributed by atoms with Crippen molar-refractivity contribution in [2.24, 2.45) is 0 Å². The Labute approximate surface area is 197 Å². The third-order valence-electron chi connectivity index (χ3n) is 5.02. The van der Waals surface area contributed by atoms with Crippen molar-refractivity contribution in [2.45, 2.75) is 30.5 Å². The third kappa shape index (κ3) is 4.80. The molecule has 4 aromatic rings. The number of nitrogens with one attached hydrogen (secondary N) is 1. The molecule has 0 fully saturated rings. The average molecular weight is 484 g/mol. The lowest BCUT2D eigenvalue weighted by molar-refractivity contribution is 0.581. The summed E-state index contributed by atoms with van der Waals surface area (Å²) in [7, 11) is -1.48. The maximum atomic E-state index is 12.3. The lowest BCUT2D eigenvalue weighted by atomic mass is 10.1. The fourth-order valence-electron chi connectivity index (χ4n) is 3.18. The van der Waals surface area contributed by atoms with Gasteiger partial charge in [0.2, 0.25) is 5.89 Å². The number of aromatic nitrogens is 4. The van der Waals surface area contributed by atoms with Gasteiger partial charge in [-0.1, -0.05) is 29.8 Å². The normalized spacial score (nSPS) is 11.8. The van der Waals surface area contributed by atoms with Gasteiger partial charge in [-0.05, 0) is 50.7 Å². The van der Waals surface area contributed by atoms with Crippen LogP contribution < -0.4 is 5.32 Å². The van der Waals surface area contributed by atoms with Crippen LogP contribution in [0.2, 0.25) is 5.02 Å². The molecule has 0 saturated heterocycles. The van der Waals surface area contributed by atoms with Crippen molar-refractivity contribution < 1.29 is 12.8 Å². The summed E-state index contributed by atoms with van der Waals surface area (Å²) in [6.45, 7) is 4.00. The monoisotopic (exact) mass is 483 g/mol. The highest BCUT2D eigenvalue weighted by molar-refractivity contribution is 7.92. The standard InChI is InChI=1S/C23H22ClN5O3S/c1-14(2)33(30,31)17-7-5-16(6-8-17)20-12-26-13-21(27-20)23-29-28-22(32-23)18-9-4-15(11-25-3)10-19(18)24/h4-10,12-14,25H,11H2,1-3H3. The van der Waals surface area contributed by atoms with Crippen LogP contribution in [0.25, 0.3) is 34.3 Å². The summed E-state index contributed by atoms with van der Waals surface area (Å²) in [6, 6.07) is 12.2. The lowest BCUT2D eigenvalue weighted by Crippen LogP contribution is -2.13. The van der Waals surface area contributed by atoms with Gasteiger partial charge in [0.1, 0.15) is 5.69 Å². The zero-order valence-corrected chi connectivity index (χ0v) is 19.9. The van der Waals surface area contributed by atoms with Crippen molar-refractivity contribution in [3.05, 3.63) is 65.4 Å². The molecule has 2 aromatic heterocycles. The largest absolute Gasteiger partial charge is 0.414 e. The van der Waals surface area contributed by atoms with E-state index < -0.39 is 15.1 Å². The number of halogens is 1. The summed E-state index contributed by atoms with van der Waals surface area (Å²) in [4.78, 5) is 9.05. The Morgan fingerprint density at radius 1 is 1.00 bits per heavy atom. The first-order chi connectivity index (χ1) is 15.8. The van der Waals surface area contributed by atoms with Gasteiger partial charge in [0.05, 0.1) is 38.8 Å². The van der Waals surface area contributed by atoms with Crippen molar-refractivity contribution in [2.75, 3.05) is 7.05 Å². The van der Waals surface area contributed by atoms with Crippen LogP contribution in [0.5, 0.6) is 0 Å². The molecule has 0 amide bonds. The molecule has 0 aliphatic heterocycles. The average Bonchev–Trinajstić information content (AvgIpc) is 3.29. The predicted molar refractivity (Wildman–Crippen MR) is 126 cm³/mol. The van der Waals surface area contributed by atoms with Gasteiger partial charge in [-0.25, -0.2) is 13.4 Å². The van der Waals surface area contributed by atoms with Crippen LogP contribution in [0.3, 0.4) is 0 Å². The lowest BCUT2D eigenvalue weighted by Gasteiger charge is -2.08. The van der Waals surface area contributed by atoms with Crippen molar-refractivity contribution in [3.8, 4) is 34.3 Å². The van der Waals surface area contributed by atoms with E-state index in [1.165, 1.54) is 6.20 Å². The van der Waals surface area contributed by atoms with Gasteiger partial charge in [-0.15, -0.1) is 10.2 Å². The number of rotatable bonds is 7. The minimum atomic E-state index is -3.34. The second kappa shape index (κ2) is 9.38. The second-order valence-electron chi connectivity index (χ2n) is 7.66. The topological polar surface area (TPSA) is 111 Å². The van der Waals surface area contributed by atoms with E-state index in [0.717, 1.165) is 11.1 Å². The van der Waals surface area contributed by atoms with Gasteiger partial charge in [0.15, 0.2) is 9.84 Å². The molecule has 2 aromatic carbocycles. The van der Waals surface area contributed by atoms with Gasteiger partial charge in [0.25, 0.3) is 5.89 Å². The van der Waals surface area contributed by atoms with E-state index in [-0.39, 0.29) is 16.7 Å². The molecule has 1 N–H and O–H groups in total. The van der Waals surface area contributed by atoms with Crippen LogP contribution in [0.4, 0.5) is 0 Å². The van der Waals surface area contributed by atoms with Crippen molar-refractivity contribution in [3.63, 3.8) is 0 Å². The quantitative estimate of drug-likeness (QED) is 0.411. The number of nitrogens with zero attached hydrogens (tertiary/aromatic N) is 4. The zero-order chi connectivity index (χ0) is 23.6. The van der Waals surface area contributed by atoms with Crippen LogP contribution in [0.15, 0.2) is 64.2 Å². The molecule has 0 radical (unpaired) electrons. The van der Waals surface area contributed by atoms with E-state index in [9.17, 15) is 8.42 Å². The Hall–Kier alpha value is -3.14. The van der Waals surface area contributed by atoms with Crippen LogP contribution >= 0.6 is 11.6 Å². The fraction of sp³-hybridized carbons (Fsp3) is 0.217. The first kappa shape index (κ1) is 23.0. The number of hydrogen-bond donors (Lipinski definition) is 1. The maximum Gasteiger partial charge on any atom is 0.268 e. The molecule has 10 heteroatoms. The minimum absolute atomic E-state index is 0.203. The van der Waals surface area contributed by atoms with E-state index >= 15 is 0 Å². The number of benzene rings is 2. The number of hydrogen-bond acceptors (Lipinski definition) is 8. The molecular weight excluding hydrogens is 462 g/mol. The molecule has 0 bridgehead atoms. The summed E-state index contributed by atoms with van der Waals surface area (Å²) in [6.07, 6.45) is 3.11. The van der Waals surface area contributed by atoms with Crippen molar-refractivity contribution in [1.29, 1.82) is 0 Å². The summed E-state index contributed by atoms with van der Waals surface area (Å²) in [5.74, 6) is 0.482. The molecule has 0 aliphatic rings. The second-order valence-corrected chi connectivity index (χ2v) is 10.6. The molecule has 0 aliphatic carbocycles. The van der Waals surface area contributed by atoms with E-state index in [2.05, 4.69) is 25.5 Å². The summed E-state index contributed by atoms with van der Waals surface area (Å²) < 4.78 is 30.5. The Morgan fingerprint density at radius 2 is 1.70 bits per heavy atom. The molecule has 0 spiro atoms. The Bertz CT molecular complexity index is 1390. The summed E-state index contributed by atoms with van der Waals surface area (Å²) >= 11 is 6.40. The van der Waals surface area contributed by atoms with E-state index in [1.807, 2.05) is 25.2 Å².